The van der Waals surface area contributed by atoms with Crippen molar-refractivity contribution in [3.63, 3.8) is 0 Å². The zero-order valence-corrected chi connectivity index (χ0v) is 21.7. The molecule has 0 aromatic heterocycles. The number of halogens is 2. The van der Waals surface area contributed by atoms with Crippen molar-refractivity contribution in [3.05, 3.63) is 64.7 Å². The van der Waals surface area contributed by atoms with Crippen LogP contribution in [0.25, 0.3) is 0 Å². The molecule has 0 saturated carbocycles. The van der Waals surface area contributed by atoms with E-state index in [9.17, 15) is 4.79 Å². The van der Waals surface area contributed by atoms with E-state index in [1.807, 2.05) is 35.2 Å². The summed E-state index contributed by atoms with van der Waals surface area (Å²) in [6, 6.07) is 15.8. The van der Waals surface area contributed by atoms with Gasteiger partial charge in [-0.25, -0.2) is 0 Å². The predicted octanol–water partition coefficient (Wildman–Crippen LogP) is 4.60. The second kappa shape index (κ2) is 13.5. The average molecular weight is 571 g/mol. The van der Waals surface area contributed by atoms with E-state index in [4.69, 9.17) is 16.3 Å². The van der Waals surface area contributed by atoms with Gasteiger partial charge in [0.1, 0.15) is 11.9 Å². The minimum Gasteiger partial charge on any atom is -0.487 e. The molecule has 1 atom stereocenters. The Balaban J connectivity index is 0.00000363. The largest absolute Gasteiger partial charge is 0.487 e. The van der Waals surface area contributed by atoms with Crippen LogP contribution in [-0.4, -0.2) is 43.0 Å². The number of benzene rings is 2. The van der Waals surface area contributed by atoms with E-state index in [2.05, 4.69) is 40.7 Å². The number of guanidine groups is 1. The molecular formula is C24H32ClIN4O2. The van der Waals surface area contributed by atoms with Gasteiger partial charge in [-0.15, -0.1) is 24.0 Å². The van der Waals surface area contributed by atoms with E-state index in [1.54, 1.807) is 7.05 Å². The Labute approximate surface area is 212 Å². The molecule has 2 aromatic rings. The van der Waals surface area contributed by atoms with Gasteiger partial charge in [0.15, 0.2) is 5.96 Å². The van der Waals surface area contributed by atoms with Crippen molar-refractivity contribution >= 4 is 47.4 Å². The summed E-state index contributed by atoms with van der Waals surface area (Å²) in [6.45, 7) is 4.86. The van der Waals surface area contributed by atoms with Gasteiger partial charge < -0.3 is 20.3 Å². The number of hydrogen-bond donors (Lipinski definition) is 2. The molecule has 32 heavy (non-hydrogen) atoms. The maximum Gasteiger partial charge on any atom is 0.222 e. The van der Waals surface area contributed by atoms with E-state index in [-0.39, 0.29) is 36.0 Å². The highest BCUT2D eigenvalue weighted by atomic mass is 127. The molecule has 1 aliphatic heterocycles. The van der Waals surface area contributed by atoms with Crippen LogP contribution in [0.2, 0.25) is 5.02 Å². The maximum absolute atomic E-state index is 11.9. The second-order valence-corrected chi connectivity index (χ2v) is 8.03. The van der Waals surface area contributed by atoms with Gasteiger partial charge in [0.2, 0.25) is 5.91 Å². The van der Waals surface area contributed by atoms with Gasteiger partial charge in [-0.2, -0.15) is 0 Å². The molecule has 2 aromatic carbocycles. The van der Waals surface area contributed by atoms with E-state index < -0.39 is 0 Å². The van der Waals surface area contributed by atoms with Crippen LogP contribution in [0, 0.1) is 0 Å². The van der Waals surface area contributed by atoms with E-state index in [0.717, 1.165) is 30.5 Å². The molecule has 1 heterocycles. The highest BCUT2D eigenvalue weighted by Gasteiger charge is 2.20. The number of para-hydroxylation sites is 1. The van der Waals surface area contributed by atoms with Gasteiger partial charge in [-0.05, 0) is 36.1 Å². The van der Waals surface area contributed by atoms with Crippen molar-refractivity contribution in [2.75, 3.05) is 20.1 Å². The molecule has 0 radical (unpaired) electrons. The summed E-state index contributed by atoms with van der Waals surface area (Å²) in [5, 5.41) is 7.28. The number of rotatable bonds is 9. The van der Waals surface area contributed by atoms with E-state index >= 15 is 0 Å². The summed E-state index contributed by atoms with van der Waals surface area (Å²) in [6.07, 6.45) is 2.44. The van der Waals surface area contributed by atoms with Crippen LogP contribution in [0.5, 0.6) is 5.75 Å². The molecule has 1 aliphatic rings. The molecule has 3 rings (SSSR count). The minimum absolute atomic E-state index is 0. The number of amides is 1. The number of aliphatic imine (C=N–C) groups is 1. The van der Waals surface area contributed by atoms with Crippen molar-refractivity contribution in [1.29, 1.82) is 0 Å². The van der Waals surface area contributed by atoms with Crippen molar-refractivity contribution in [2.45, 2.75) is 45.4 Å². The Morgan fingerprint density at radius 3 is 2.66 bits per heavy atom. The lowest BCUT2D eigenvalue weighted by atomic mass is 10.1. The third-order valence-corrected chi connectivity index (χ3v) is 5.61. The smallest absolute Gasteiger partial charge is 0.222 e. The summed E-state index contributed by atoms with van der Waals surface area (Å²) in [4.78, 5) is 18.1. The molecule has 8 heteroatoms. The summed E-state index contributed by atoms with van der Waals surface area (Å²) >= 11 is 6.20. The van der Waals surface area contributed by atoms with E-state index in [1.165, 1.54) is 0 Å². The number of nitrogens with zero attached hydrogens (tertiary/aromatic N) is 2. The van der Waals surface area contributed by atoms with Gasteiger partial charge in [-0.1, -0.05) is 54.9 Å². The fraction of sp³-hybridized carbons (Fsp3) is 0.417. The molecule has 0 aliphatic carbocycles. The number of hydrogen-bond acceptors (Lipinski definition) is 3. The quantitative estimate of drug-likeness (QED) is 0.263. The molecule has 1 saturated heterocycles. The molecule has 2 N–H and O–H groups in total. The summed E-state index contributed by atoms with van der Waals surface area (Å²) < 4.78 is 6.03. The van der Waals surface area contributed by atoms with Gasteiger partial charge in [0.05, 0.1) is 11.6 Å². The number of ether oxygens (including phenoxy) is 1. The Kier molecular flexibility index (Phi) is 11.1. The number of nitrogens with one attached hydrogen (secondary N) is 2. The lowest BCUT2D eigenvalue weighted by Crippen LogP contribution is -2.42. The lowest BCUT2D eigenvalue weighted by Gasteiger charge is -2.20. The zero-order chi connectivity index (χ0) is 22.1. The van der Waals surface area contributed by atoms with Crippen LogP contribution in [0.15, 0.2) is 53.5 Å². The molecule has 0 spiro atoms. The molecular weight excluding hydrogens is 539 g/mol. The molecule has 1 fully saturated rings. The number of carbonyl (C=O) groups excluding carboxylic acids is 1. The second-order valence-electron chi connectivity index (χ2n) is 7.62. The number of likely N-dealkylation sites (tertiary alicyclic amines) is 1. The SMILES string of the molecule is CCC(CNC(=NC)NCc1cccc(CN2CCCC2=O)c1)Oc1ccccc1Cl.I. The first-order valence-corrected chi connectivity index (χ1v) is 11.2. The maximum atomic E-state index is 11.9. The van der Waals surface area contributed by atoms with Crippen LogP contribution >= 0.6 is 35.6 Å². The first kappa shape index (κ1) is 26.3. The van der Waals surface area contributed by atoms with Crippen LogP contribution < -0.4 is 15.4 Å². The summed E-state index contributed by atoms with van der Waals surface area (Å²) in [5.41, 5.74) is 2.29. The third-order valence-electron chi connectivity index (χ3n) is 5.30. The fourth-order valence-electron chi connectivity index (χ4n) is 3.54. The van der Waals surface area contributed by atoms with Crippen LogP contribution in [0.1, 0.15) is 37.3 Å². The molecule has 174 valence electrons. The van der Waals surface area contributed by atoms with Crippen molar-refractivity contribution in [3.8, 4) is 5.75 Å². The monoisotopic (exact) mass is 570 g/mol. The highest BCUT2D eigenvalue weighted by molar-refractivity contribution is 14.0. The van der Waals surface area contributed by atoms with Crippen molar-refractivity contribution in [2.24, 2.45) is 4.99 Å². The van der Waals surface area contributed by atoms with Crippen molar-refractivity contribution < 1.29 is 9.53 Å². The summed E-state index contributed by atoms with van der Waals surface area (Å²) in [7, 11) is 1.75. The van der Waals surface area contributed by atoms with Crippen LogP contribution in [0.3, 0.4) is 0 Å². The van der Waals surface area contributed by atoms with Gasteiger partial charge in [0.25, 0.3) is 0 Å². The van der Waals surface area contributed by atoms with Crippen LogP contribution in [-0.2, 0) is 17.9 Å². The normalized spacial score (nSPS) is 14.7. The average Bonchev–Trinajstić information content (AvgIpc) is 3.18. The van der Waals surface area contributed by atoms with Gasteiger partial charge >= 0.3 is 0 Å². The lowest BCUT2D eigenvalue weighted by molar-refractivity contribution is -0.128. The summed E-state index contributed by atoms with van der Waals surface area (Å²) in [5.74, 6) is 1.65. The van der Waals surface area contributed by atoms with Gasteiger partial charge in [0, 0.05) is 33.1 Å². The molecule has 0 bridgehead atoms. The van der Waals surface area contributed by atoms with Crippen molar-refractivity contribution in [1.82, 2.24) is 15.5 Å². The Bertz CT molecular complexity index is 909. The molecule has 1 amide bonds. The topological polar surface area (TPSA) is 66.0 Å². The van der Waals surface area contributed by atoms with E-state index in [0.29, 0.717) is 42.8 Å². The Hall–Kier alpha value is -2.00. The standard InChI is InChI=1S/C24H31ClN4O2.HI/c1-3-20(31-22-11-5-4-10-21(22)25)16-28-24(26-2)27-15-18-8-6-9-19(14-18)17-29-13-7-12-23(29)30;/h4-6,8-11,14,20H,3,7,12-13,15-17H2,1-2H3,(H2,26,27,28);1H. The first-order valence-electron chi connectivity index (χ1n) is 10.8. The highest BCUT2D eigenvalue weighted by Crippen LogP contribution is 2.24. The zero-order valence-electron chi connectivity index (χ0n) is 18.6. The Morgan fingerprint density at radius 1 is 1.19 bits per heavy atom. The minimum atomic E-state index is -0.0280. The Morgan fingerprint density at radius 2 is 1.97 bits per heavy atom. The molecule has 6 nitrogen and oxygen atoms in total. The number of carbonyl (C=O) groups is 1. The van der Waals surface area contributed by atoms with Crippen LogP contribution in [0.4, 0.5) is 0 Å². The molecule has 1 unspecified atom stereocenters. The first-order chi connectivity index (χ1) is 15.1. The van der Waals surface area contributed by atoms with Gasteiger partial charge in [-0.3, -0.25) is 9.79 Å². The predicted molar refractivity (Wildman–Crippen MR) is 141 cm³/mol. The fourth-order valence-corrected chi connectivity index (χ4v) is 3.72. The third kappa shape index (κ3) is 7.85.